The van der Waals surface area contributed by atoms with Crippen LogP contribution in [0.1, 0.15) is 18.4 Å². The van der Waals surface area contributed by atoms with Crippen molar-refractivity contribution in [2.75, 3.05) is 13.2 Å². The second-order valence-electron chi connectivity index (χ2n) is 4.98. The fourth-order valence-electron chi connectivity index (χ4n) is 2.10. The van der Waals surface area contributed by atoms with E-state index in [1.54, 1.807) is 0 Å². The number of carbonyl (C=O) groups excluding carboxylic acids is 1. The minimum absolute atomic E-state index is 0.286. The number of ether oxygens (including phenoxy) is 2. The molecule has 0 spiro atoms. The predicted octanol–water partition coefficient (Wildman–Crippen LogP) is 1.12. The van der Waals surface area contributed by atoms with Crippen LogP contribution in [0.4, 0.5) is 0 Å². The Labute approximate surface area is 123 Å². The molecule has 1 saturated heterocycles. The number of carboxylic acids is 1. The van der Waals surface area contributed by atoms with Crippen LogP contribution in [0.25, 0.3) is 0 Å². The maximum absolute atomic E-state index is 11.8. The summed E-state index contributed by atoms with van der Waals surface area (Å²) in [6.45, 7) is 2.70. The standard InChI is InChI=1S/C15H19NO5/c1-10-2-4-11(5-3-10)20-9-8-16-14(17)12-6-7-13(21-12)15(18)19/h2-5,12-13H,6-9H2,1H3,(H,16,17)(H,18,19)/t12-,13+/m0/s1. The summed E-state index contributed by atoms with van der Waals surface area (Å²) in [5.41, 5.74) is 1.15. The zero-order valence-corrected chi connectivity index (χ0v) is 11.9. The molecule has 1 aromatic carbocycles. The molecule has 1 heterocycles. The van der Waals surface area contributed by atoms with E-state index in [1.165, 1.54) is 0 Å². The van der Waals surface area contributed by atoms with Gasteiger partial charge < -0.3 is 19.9 Å². The first-order valence-electron chi connectivity index (χ1n) is 6.91. The van der Waals surface area contributed by atoms with Gasteiger partial charge in [-0.05, 0) is 31.9 Å². The largest absolute Gasteiger partial charge is 0.492 e. The van der Waals surface area contributed by atoms with Gasteiger partial charge in [0.2, 0.25) is 5.91 Å². The Hall–Kier alpha value is -2.08. The fourth-order valence-corrected chi connectivity index (χ4v) is 2.10. The topological polar surface area (TPSA) is 84.9 Å². The van der Waals surface area contributed by atoms with Crippen LogP contribution < -0.4 is 10.1 Å². The van der Waals surface area contributed by atoms with Crippen molar-refractivity contribution in [3.8, 4) is 5.75 Å². The molecule has 21 heavy (non-hydrogen) atoms. The molecule has 2 atom stereocenters. The van der Waals surface area contributed by atoms with E-state index < -0.39 is 18.2 Å². The molecule has 1 fully saturated rings. The smallest absolute Gasteiger partial charge is 0.332 e. The summed E-state index contributed by atoms with van der Waals surface area (Å²) in [7, 11) is 0. The summed E-state index contributed by atoms with van der Waals surface area (Å²) in [5.74, 6) is -0.558. The number of aliphatic carboxylic acids is 1. The molecule has 0 aliphatic carbocycles. The molecule has 0 unspecified atom stereocenters. The van der Waals surface area contributed by atoms with E-state index >= 15 is 0 Å². The molecule has 1 aliphatic rings. The maximum Gasteiger partial charge on any atom is 0.332 e. The monoisotopic (exact) mass is 293 g/mol. The van der Waals surface area contributed by atoms with Crippen LogP contribution in [0.15, 0.2) is 24.3 Å². The Bertz CT molecular complexity index is 499. The minimum atomic E-state index is -1.02. The van der Waals surface area contributed by atoms with E-state index in [9.17, 15) is 9.59 Å². The van der Waals surface area contributed by atoms with Crippen LogP contribution in [0.5, 0.6) is 5.75 Å². The molecular weight excluding hydrogens is 274 g/mol. The molecule has 0 aromatic heterocycles. The molecule has 0 saturated carbocycles. The quantitative estimate of drug-likeness (QED) is 0.768. The number of benzene rings is 1. The highest BCUT2D eigenvalue weighted by atomic mass is 16.5. The van der Waals surface area contributed by atoms with Gasteiger partial charge in [-0.15, -0.1) is 0 Å². The first-order chi connectivity index (χ1) is 10.1. The van der Waals surface area contributed by atoms with E-state index in [1.807, 2.05) is 31.2 Å². The fraction of sp³-hybridized carbons (Fsp3) is 0.467. The van der Waals surface area contributed by atoms with Crippen molar-refractivity contribution in [3.05, 3.63) is 29.8 Å². The Morgan fingerprint density at radius 3 is 2.57 bits per heavy atom. The summed E-state index contributed by atoms with van der Waals surface area (Å²) in [6.07, 6.45) is -0.746. The van der Waals surface area contributed by atoms with Crippen LogP contribution in [0.2, 0.25) is 0 Å². The van der Waals surface area contributed by atoms with Gasteiger partial charge in [0.15, 0.2) is 6.10 Å². The van der Waals surface area contributed by atoms with Crippen molar-refractivity contribution in [1.82, 2.24) is 5.32 Å². The SMILES string of the molecule is Cc1ccc(OCCNC(=O)[C@@H]2CC[C@H](C(=O)O)O2)cc1. The van der Waals surface area contributed by atoms with Gasteiger partial charge in [-0.2, -0.15) is 0 Å². The van der Waals surface area contributed by atoms with E-state index in [4.69, 9.17) is 14.6 Å². The second-order valence-corrected chi connectivity index (χ2v) is 4.98. The molecule has 1 aliphatic heterocycles. The Balaban J connectivity index is 1.66. The highest BCUT2D eigenvalue weighted by molar-refractivity contribution is 5.82. The van der Waals surface area contributed by atoms with Gasteiger partial charge in [0.05, 0.1) is 6.54 Å². The van der Waals surface area contributed by atoms with Gasteiger partial charge in [0.25, 0.3) is 0 Å². The van der Waals surface area contributed by atoms with Crippen molar-refractivity contribution in [2.24, 2.45) is 0 Å². The van der Waals surface area contributed by atoms with E-state index in [2.05, 4.69) is 5.32 Å². The molecule has 2 rings (SSSR count). The third kappa shape index (κ3) is 4.46. The van der Waals surface area contributed by atoms with Crippen LogP contribution in [0, 0.1) is 6.92 Å². The van der Waals surface area contributed by atoms with Crippen molar-refractivity contribution in [3.63, 3.8) is 0 Å². The lowest BCUT2D eigenvalue weighted by Crippen LogP contribution is -2.37. The third-order valence-corrected chi connectivity index (χ3v) is 3.28. The zero-order chi connectivity index (χ0) is 15.2. The van der Waals surface area contributed by atoms with Gasteiger partial charge in [-0.25, -0.2) is 4.79 Å². The number of amides is 1. The van der Waals surface area contributed by atoms with Gasteiger partial charge in [0.1, 0.15) is 18.5 Å². The summed E-state index contributed by atoms with van der Waals surface area (Å²) < 4.78 is 10.6. The number of nitrogens with one attached hydrogen (secondary N) is 1. The second kappa shape index (κ2) is 7.08. The average Bonchev–Trinajstić information content (AvgIpc) is 2.95. The van der Waals surface area contributed by atoms with Crippen LogP contribution in [-0.2, 0) is 14.3 Å². The zero-order valence-electron chi connectivity index (χ0n) is 11.9. The molecule has 2 N–H and O–H groups in total. The minimum Gasteiger partial charge on any atom is -0.492 e. The molecule has 6 heteroatoms. The summed E-state index contributed by atoms with van der Waals surface area (Å²) in [4.78, 5) is 22.5. The lowest BCUT2D eigenvalue weighted by atomic mass is 10.2. The van der Waals surface area contributed by atoms with Crippen LogP contribution in [-0.4, -0.2) is 42.3 Å². The van der Waals surface area contributed by atoms with Crippen molar-refractivity contribution in [2.45, 2.75) is 32.0 Å². The number of aryl methyl sites for hydroxylation is 1. The summed E-state index contributed by atoms with van der Waals surface area (Å²) >= 11 is 0. The number of carbonyl (C=O) groups is 2. The van der Waals surface area contributed by atoms with E-state index in [0.717, 1.165) is 11.3 Å². The molecule has 6 nitrogen and oxygen atoms in total. The van der Waals surface area contributed by atoms with Crippen molar-refractivity contribution >= 4 is 11.9 Å². The highest BCUT2D eigenvalue weighted by Crippen LogP contribution is 2.19. The lowest BCUT2D eigenvalue weighted by molar-refractivity contribution is -0.151. The van der Waals surface area contributed by atoms with E-state index in [0.29, 0.717) is 26.0 Å². The maximum atomic E-state index is 11.8. The average molecular weight is 293 g/mol. The van der Waals surface area contributed by atoms with Gasteiger partial charge >= 0.3 is 5.97 Å². The first-order valence-corrected chi connectivity index (χ1v) is 6.91. The van der Waals surface area contributed by atoms with Crippen molar-refractivity contribution in [1.29, 1.82) is 0 Å². The summed E-state index contributed by atoms with van der Waals surface area (Å²) in [5, 5.41) is 11.5. The number of rotatable bonds is 6. The molecule has 0 radical (unpaired) electrons. The van der Waals surface area contributed by atoms with Crippen LogP contribution >= 0.6 is 0 Å². The highest BCUT2D eigenvalue weighted by Gasteiger charge is 2.34. The number of carboxylic acid groups (broad SMARTS) is 1. The van der Waals surface area contributed by atoms with E-state index in [-0.39, 0.29) is 5.91 Å². The predicted molar refractivity (Wildman–Crippen MR) is 75.2 cm³/mol. The lowest BCUT2D eigenvalue weighted by Gasteiger charge is -2.12. The van der Waals surface area contributed by atoms with Crippen molar-refractivity contribution < 1.29 is 24.2 Å². The van der Waals surface area contributed by atoms with Gasteiger partial charge in [-0.1, -0.05) is 17.7 Å². The molecular formula is C15H19NO5. The summed E-state index contributed by atoms with van der Waals surface area (Å²) in [6, 6.07) is 7.64. The number of hydrogen-bond donors (Lipinski definition) is 2. The normalized spacial score (nSPS) is 21.0. The van der Waals surface area contributed by atoms with Crippen LogP contribution in [0.3, 0.4) is 0 Å². The molecule has 1 amide bonds. The van der Waals surface area contributed by atoms with Gasteiger partial charge in [-0.3, -0.25) is 4.79 Å². The Morgan fingerprint density at radius 2 is 1.95 bits per heavy atom. The van der Waals surface area contributed by atoms with Gasteiger partial charge in [0, 0.05) is 0 Å². The molecule has 114 valence electrons. The molecule has 1 aromatic rings. The Morgan fingerprint density at radius 1 is 1.29 bits per heavy atom. The first kappa shape index (κ1) is 15.3. The number of hydrogen-bond acceptors (Lipinski definition) is 4. The Kier molecular flexibility index (Phi) is 5.16. The third-order valence-electron chi connectivity index (χ3n) is 3.28. The molecule has 0 bridgehead atoms.